The number of halogens is 1. The number of fused-ring (bicyclic) bond motifs is 1. The third-order valence-corrected chi connectivity index (χ3v) is 3.82. The van der Waals surface area contributed by atoms with Crippen LogP contribution < -0.4 is 10.6 Å². The number of aryl methyl sites for hydroxylation is 1. The van der Waals surface area contributed by atoms with Gasteiger partial charge in [0, 0.05) is 13.1 Å². The molecule has 3 rings (SSSR count). The molecule has 0 amide bonds. The first-order valence-corrected chi connectivity index (χ1v) is 6.63. The Morgan fingerprint density at radius 3 is 2.89 bits per heavy atom. The second-order valence-electron chi connectivity index (χ2n) is 4.77. The molecule has 98 valence electrons. The van der Waals surface area contributed by atoms with E-state index >= 15 is 0 Å². The second kappa shape index (κ2) is 4.70. The molecule has 1 unspecified atom stereocenters. The van der Waals surface area contributed by atoms with Crippen molar-refractivity contribution in [1.29, 1.82) is 0 Å². The largest absolute Gasteiger partial charge is 0.368 e. The van der Waals surface area contributed by atoms with Crippen LogP contribution in [0, 0.1) is 0 Å². The summed E-state index contributed by atoms with van der Waals surface area (Å²) in [7, 11) is 2.02. The van der Waals surface area contributed by atoms with Crippen molar-refractivity contribution in [3.63, 3.8) is 0 Å². The maximum Gasteiger partial charge on any atom is 0.223 e. The number of nitrogens with two attached hydrogens (primary N) is 1. The van der Waals surface area contributed by atoms with Gasteiger partial charge in [-0.05, 0) is 24.0 Å². The molecular weight excluding hydrogens is 260 g/mol. The topological polar surface area (TPSA) is 55.0 Å². The van der Waals surface area contributed by atoms with Crippen molar-refractivity contribution in [2.75, 3.05) is 17.7 Å². The van der Waals surface area contributed by atoms with Crippen LogP contribution in [0.3, 0.4) is 0 Å². The zero-order chi connectivity index (χ0) is 13.4. The zero-order valence-electron chi connectivity index (χ0n) is 10.7. The first-order valence-electron chi connectivity index (χ1n) is 6.26. The van der Waals surface area contributed by atoms with Crippen LogP contribution in [-0.2, 0) is 6.42 Å². The molecular formula is C14H15ClN4. The maximum atomic E-state index is 5.94. The van der Waals surface area contributed by atoms with E-state index in [1.165, 1.54) is 11.1 Å². The van der Waals surface area contributed by atoms with Crippen molar-refractivity contribution in [3.05, 3.63) is 46.6 Å². The third kappa shape index (κ3) is 2.24. The number of anilines is 2. The number of nitrogens with zero attached hydrogens (tertiary/aromatic N) is 3. The minimum atomic E-state index is 0.209. The summed E-state index contributed by atoms with van der Waals surface area (Å²) in [6, 6.07) is 10.6. The predicted molar refractivity (Wildman–Crippen MR) is 77.4 cm³/mol. The normalized spacial score (nSPS) is 17.3. The minimum Gasteiger partial charge on any atom is -0.368 e. The van der Waals surface area contributed by atoms with Crippen LogP contribution in [-0.4, -0.2) is 17.0 Å². The van der Waals surface area contributed by atoms with Gasteiger partial charge in [0.25, 0.3) is 0 Å². The zero-order valence-corrected chi connectivity index (χ0v) is 11.4. The van der Waals surface area contributed by atoms with E-state index in [-0.39, 0.29) is 5.95 Å². The van der Waals surface area contributed by atoms with Crippen molar-refractivity contribution in [1.82, 2.24) is 9.97 Å². The van der Waals surface area contributed by atoms with Crippen molar-refractivity contribution in [3.8, 4) is 0 Å². The molecule has 5 heteroatoms. The van der Waals surface area contributed by atoms with Gasteiger partial charge in [0.15, 0.2) is 0 Å². The van der Waals surface area contributed by atoms with Crippen LogP contribution in [0.5, 0.6) is 0 Å². The fourth-order valence-electron chi connectivity index (χ4n) is 2.70. The monoisotopic (exact) mass is 274 g/mol. The molecule has 1 aliphatic carbocycles. The highest BCUT2D eigenvalue weighted by atomic mass is 35.5. The summed E-state index contributed by atoms with van der Waals surface area (Å²) in [5.74, 6) is 0.972. The van der Waals surface area contributed by atoms with Crippen molar-refractivity contribution in [2.45, 2.75) is 18.9 Å². The van der Waals surface area contributed by atoms with E-state index < -0.39 is 0 Å². The molecule has 4 nitrogen and oxygen atoms in total. The van der Waals surface area contributed by atoms with Gasteiger partial charge in [0.2, 0.25) is 5.95 Å². The van der Waals surface area contributed by atoms with Gasteiger partial charge >= 0.3 is 0 Å². The summed E-state index contributed by atoms with van der Waals surface area (Å²) in [5, 5.41) is 0.376. The first-order chi connectivity index (χ1) is 9.15. The maximum absolute atomic E-state index is 5.94. The van der Waals surface area contributed by atoms with E-state index in [9.17, 15) is 0 Å². The molecule has 0 saturated carbocycles. The molecule has 1 aromatic heterocycles. The van der Waals surface area contributed by atoms with Crippen LogP contribution >= 0.6 is 11.6 Å². The van der Waals surface area contributed by atoms with E-state index in [1.807, 2.05) is 7.05 Å². The van der Waals surface area contributed by atoms with Crippen LogP contribution in [0.2, 0.25) is 5.15 Å². The van der Waals surface area contributed by atoms with Crippen LogP contribution in [0.4, 0.5) is 11.8 Å². The lowest BCUT2D eigenvalue weighted by Gasteiger charge is -2.26. The molecule has 0 radical (unpaired) electrons. The Morgan fingerprint density at radius 1 is 1.32 bits per heavy atom. The van der Waals surface area contributed by atoms with Gasteiger partial charge in [-0.15, -0.1) is 0 Å². The fourth-order valence-corrected chi connectivity index (χ4v) is 2.88. The summed E-state index contributed by atoms with van der Waals surface area (Å²) in [6.07, 6.45) is 2.18. The first kappa shape index (κ1) is 12.2. The van der Waals surface area contributed by atoms with Gasteiger partial charge in [-0.2, -0.15) is 4.98 Å². The number of hydrogen-bond acceptors (Lipinski definition) is 4. The number of nitrogen functional groups attached to an aromatic ring is 1. The lowest BCUT2D eigenvalue weighted by Crippen LogP contribution is -2.23. The summed E-state index contributed by atoms with van der Waals surface area (Å²) >= 11 is 5.94. The van der Waals surface area contributed by atoms with E-state index in [2.05, 4.69) is 39.1 Å². The molecule has 0 bridgehead atoms. The molecule has 1 aliphatic rings. The lowest BCUT2D eigenvalue weighted by molar-refractivity contribution is 0.655. The number of rotatable bonds is 2. The lowest BCUT2D eigenvalue weighted by atomic mass is 10.1. The molecule has 0 fully saturated rings. The molecule has 19 heavy (non-hydrogen) atoms. The smallest absolute Gasteiger partial charge is 0.223 e. The highest BCUT2D eigenvalue weighted by molar-refractivity contribution is 6.29. The Balaban J connectivity index is 1.95. The van der Waals surface area contributed by atoms with Crippen molar-refractivity contribution in [2.24, 2.45) is 0 Å². The number of aromatic nitrogens is 2. The Kier molecular flexibility index (Phi) is 3.03. The van der Waals surface area contributed by atoms with E-state index in [0.717, 1.165) is 18.7 Å². The Hall–Kier alpha value is -1.81. The van der Waals surface area contributed by atoms with Crippen molar-refractivity contribution >= 4 is 23.4 Å². The highest BCUT2D eigenvalue weighted by Gasteiger charge is 2.26. The molecule has 2 aromatic rings. The highest BCUT2D eigenvalue weighted by Crippen LogP contribution is 2.37. The predicted octanol–water partition coefficient (Wildman–Crippen LogP) is 2.84. The molecule has 0 aliphatic heterocycles. The summed E-state index contributed by atoms with van der Waals surface area (Å²) in [5.41, 5.74) is 8.43. The second-order valence-corrected chi connectivity index (χ2v) is 5.16. The van der Waals surface area contributed by atoms with Gasteiger partial charge in [-0.3, -0.25) is 0 Å². The van der Waals surface area contributed by atoms with E-state index in [4.69, 9.17) is 17.3 Å². The van der Waals surface area contributed by atoms with E-state index in [1.54, 1.807) is 6.07 Å². The Labute approximate surface area is 117 Å². The van der Waals surface area contributed by atoms with Crippen LogP contribution in [0.15, 0.2) is 30.3 Å². The minimum absolute atomic E-state index is 0.209. The fraction of sp³-hybridized carbons (Fsp3) is 0.286. The number of benzene rings is 1. The van der Waals surface area contributed by atoms with Gasteiger partial charge in [0.05, 0.1) is 6.04 Å². The summed E-state index contributed by atoms with van der Waals surface area (Å²) in [4.78, 5) is 10.3. The molecule has 1 atom stereocenters. The molecule has 0 saturated heterocycles. The standard InChI is InChI=1S/C14H15ClN4/c1-19(13-8-12(15)17-14(16)18-13)11-7-6-9-4-2-3-5-10(9)11/h2-5,8,11H,6-7H2,1H3,(H2,16,17,18). The summed E-state index contributed by atoms with van der Waals surface area (Å²) < 4.78 is 0. The molecule has 1 aromatic carbocycles. The SMILES string of the molecule is CN(c1cc(Cl)nc(N)n1)C1CCc2ccccc21. The molecule has 0 spiro atoms. The van der Waals surface area contributed by atoms with E-state index in [0.29, 0.717) is 11.2 Å². The van der Waals surface area contributed by atoms with Crippen molar-refractivity contribution < 1.29 is 0 Å². The number of hydrogen-bond donors (Lipinski definition) is 1. The van der Waals surface area contributed by atoms with Crippen LogP contribution in [0.1, 0.15) is 23.6 Å². The van der Waals surface area contributed by atoms with Crippen LogP contribution in [0.25, 0.3) is 0 Å². The van der Waals surface area contributed by atoms with Gasteiger partial charge in [-0.1, -0.05) is 35.9 Å². The Bertz CT molecular complexity index is 594. The van der Waals surface area contributed by atoms with Gasteiger partial charge < -0.3 is 10.6 Å². The molecule has 1 heterocycles. The summed E-state index contributed by atoms with van der Waals surface area (Å²) in [6.45, 7) is 0. The quantitative estimate of drug-likeness (QED) is 0.856. The Morgan fingerprint density at radius 2 is 2.11 bits per heavy atom. The molecule has 2 N–H and O–H groups in total. The third-order valence-electron chi connectivity index (χ3n) is 3.63. The van der Waals surface area contributed by atoms with Gasteiger partial charge in [-0.25, -0.2) is 4.98 Å². The average Bonchev–Trinajstić information content (AvgIpc) is 2.80. The average molecular weight is 275 g/mol. The van der Waals surface area contributed by atoms with Gasteiger partial charge in [0.1, 0.15) is 11.0 Å².